The maximum absolute atomic E-state index is 11.6. The van der Waals surface area contributed by atoms with Gasteiger partial charge in [-0.15, -0.1) is 10.2 Å². The highest BCUT2D eigenvalue weighted by molar-refractivity contribution is 7.99. The van der Waals surface area contributed by atoms with Gasteiger partial charge < -0.3 is 9.30 Å². The van der Waals surface area contributed by atoms with Gasteiger partial charge in [-0.1, -0.05) is 29.5 Å². The van der Waals surface area contributed by atoms with Crippen molar-refractivity contribution < 1.29 is 13.2 Å². The largest absolute Gasteiger partial charge is 0.493 e. The Labute approximate surface area is 146 Å². The minimum atomic E-state index is -2.91. The minimum Gasteiger partial charge on any atom is -0.493 e. The predicted octanol–water partition coefficient (Wildman–Crippen LogP) is 2.20. The summed E-state index contributed by atoms with van der Waals surface area (Å²) in [5.74, 6) is 2.76. The van der Waals surface area contributed by atoms with Gasteiger partial charge >= 0.3 is 0 Å². The lowest BCUT2D eigenvalue weighted by molar-refractivity contribution is 0.343. The van der Waals surface area contributed by atoms with Crippen LogP contribution in [0.4, 0.5) is 0 Å². The molecule has 2 heterocycles. The Kier molecular flexibility index (Phi) is 5.15. The van der Waals surface area contributed by atoms with Crippen LogP contribution in [0.25, 0.3) is 0 Å². The van der Waals surface area contributed by atoms with Crippen molar-refractivity contribution in [1.82, 2.24) is 14.8 Å². The lowest BCUT2D eigenvalue weighted by Crippen LogP contribution is -2.09. The molecular formula is C16H21N3O3S2. The summed E-state index contributed by atoms with van der Waals surface area (Å²) in [4.78, 5) is 0. The highest BCUT2D eigenvalue weighted by atomic mass is 32.2. The van der Waals surface area contributed by atoms with Crippen LogP contribution in [0.1, 0.15) is 23.7 Å². The van der Waals surface area contributed by atoms with Crippen LogP contribution in [0.2, 0.25) is 0 Å². The fourth-order valence-electron chi connectivity index (χ4n) is 2.73. The van der Waals surface area contributed by atoms with Crippen LogP contribution < -0.4 is 4.74 Å². The molecule has 0 N–H and O–H groups in total. The molecule has 8 heteroatoms. The number of rotatable bonds is 6. The van der Waals surface area contributed by atoms with Crippen molar-refractivity contribution in [3.8, 4) is 5.75 Å². The molecule has 1 aromatic carbocycles. The fourth-order valence-corrected chi connectivity index (χ4v) is 5.21. The number of aromatic nitrogens is 3. The molecule has 130 valence electrons. The second kappa shape index (κ2) is 7.14. The second-order valence-corrected chi connectivity index (χ2v) is 9.30. The Bertz CT molecular complexity index is 800. The van der Waals surface area contributed by atoms with Gasteiger partial charge in [0.05, 0.1) is 18.1 Å². The number of hydrogen-bond donors (Lipinski definition) is 0. The first kappa shape index (κ1) is 17.3. The van der Waals surface area contributed by atoms with Gasteiger partial charge in [-0.25, -0.2) is 8.42 Å². The number of hydrogen-bond acceptors (Lipinski definition) is 6. The zero-order valence-corrected chi connectivity index (χ0v) is 15.4. The lowest BCUT2D eigenvalue weighted by Gasteiger charge is -2.08. The molecule has 2 aromatic rings. The van der Waals surface area contributed by atoms with Crippen LogP contribution in [0.5, 0.6) is 5.75 Å². The average molecular weight is 367 g/mol. The van der Waals surface area contributed by atoms with Gasteiger partial charge in [0.1, 0.15) is 11.6 Å². The molecule has 0 amide bonds. The van der Waals surface area contributed by atoms with Crippen molar-refractivity contribution in [2.24, 2.45) is 7.05 Å². The molecule has 6 nitrogen and oxygen atoms in total. The SMILES string of the molecule is Cc1ccc(OCCSc2nnc(C3CCS(=O)(=O)C3)n2C)cc1. The third-order valence-electron chi connectivity index (χ3n) is 4.07. The molecule has 24 heavy (non-hydrogen) atoms. The van der Waals surface area contributed by atoms with Crippen LogP contribution in [0, 0.1) is 6.92 Å². The van der Waals surface area contributed by atoms with Gasteiger partial charge in [0.25, 0.3) is 0 Å². The highest BCUT2D eigenvalue weighted by Crippen LogP contribution is 2.29. The summed E-state index contributed by atoms with van der Waals surface area (Å²) in [7, 11) is -1.02. The van der Waals surface area contributed by atoms with Crippen molar-refractivity contribution in [3.05, 3.63) is 35.7 Å². The third kappa shape index (κ3) is 4.10. The zero-order valence-electron chi connectivity index (χ0n) is 13.8. The van der Waals surface area contributed by atoms with E-state index in [9.17, 15) is 8.42 Å². The van der Waals surface area contributed by atoms with E-state index in [1.54, 1.807) is 11.8 Å². The van der Waals surface area contributed by atoms with Gasteiger partial charge in [-0.05, 0) is 25.5 Å². The molecule has 1 saturated heterocycles. The van der Waals surface area contributed by atoms with Crippen molar-refractivity contribution >= 4 is 21.6 Å². The number of thioether (sulfide) groups is 1. The summed E-state index contributed by atoms with van der Waals surface area (Å²) in [5, 5.41) is 9.18. The summed E-state index contributed by atoms with van der Waals surface area (Å²) < 4.78 is 30.8. The van der Waals surface area contributed by atoms with E-state index in [0.717, 1.165) is 22.5 Å². The molecule has 0 spiro atoms. The smallest absolute Gasteiger partial charge is 0.191 e. The first-order valence-electron chi connectivity index (χ1n) is 7.86. The quantitative estimate of drug-likeness (QED) is 0.576. The molecule has 0 aliphatic carbocycles. The molecule has 1 aromatic heterocycles. The summed E-state index contributed by atoms with van der Waals surface area (Å²) in [6.45, 7) is 2.62. The van der Waals surface area contributed by atoms with Crippen LogP contribution in [0.3, 0.4) is 0 Å². The summed E-state index contributed by atoms with van der Waals surface area (Å²) in [6, 6.07) is 7.96. The molecule has 1 fully saturated rings. The fraction of sp³-hybridized carbons (Fsp3) is 0.500. The number of aryl methyl sites for hydroxylation is 1. The summed E-state index contributed by atoms with van der Waals surface area (Å²) in [5.41, 5.74) is 1.21. The van der Waals surface area contributed by atoms with Crippen molar-refractivity contribution in [2.45, 2.75) is 24.4 Å². The van der Waals surface area contributed by atoms with Gasteiger partial charge in [0.2, 0.25) is 0 Å². The predicted molar refractivity (Wildman–Crippen MR) is 94.4 cm³/mol. The summed E-state index contributed by atoms with van der Waals surface area (Å²) in [6.07, 6.45) is 0.634. The molecule has 1 atom stereocenters. The van der Waals surface area contributed by atoms with E-state index in [4.69, 9.17) is 4.74 Å². The van der Waals surface area contributed by atoms with Crippen LogP contribution in [-0.4, -0.2) is 47.0 Å². The minimum absolute atomic E-state index is 0.0364. The normalized spacial score (nSPS) is 19.5. The Morgan fingerprint density at radius 3 is 2.71 bits per heavy atom. The van der Waals surface area contributed by atoms with Crippen molar-refractivity contribution in [2.75, 3.05) is 23.9 Å². The van der Waals surface area contributed by atoms with Crippen molar-refractivity contribution in [1.29, 1.82) is 0 Å². The molecule has 0 saturated carbocycles. The standard InChI is InChI=1S/C16H21N3O3S2/c1-12-3-5-14(6-4-12)22-8-9-23-16-18-17-15(19(16)2)13-7-10-24(20,21)11-13/h3-6,13H,7-11H2,1-2H3. The Morgan fingerprint density at radius 1 is 1.29 bits per heavy atom. The average Bonchev–Trinajstić information content (AvgIpc) is 3.08. The third-order valence-corrected chi connectivity index (χ3v) is 6.82. The number of sulfone groups is 1. The van der Waals surface area contributed by atoms with Crippen LogP contribution in [-0.2, 0) is 16.9 Å². The maximum Gasteiger partial charge on any atom is 0.191 e. The number of benzene rings is 1. The number of nitrogens with zero attached hydrogens (tertiary/aromatic N) is 3. The molecule has 1 aliphatic rings. The highest BCUT2D eigenvalue weighted by Gasteiger charge is 2.32. The zero-order chi connectivity index (χ0) is 17.2. The van der Waals surface area contributed by atoms with Gasteiger partial charge in [0, 0.05) is 18.7 Å². The monoisotopic (exact) mass is 367 g/mol. The van der Waals surface area contributed by atoms with E-state index < -0.39 is 9.84 Å². The first-order chi connectivity index (χ1) is 11.4. The van der Waals surface area contributed by atoms with Gasteiger partial charge in [-0.3, -0.25) is 0 Å². The molecular weight excluding hydrogens is 346 g/mol. The molecule has 1 unspecified atom stereocenters. The topological polar surface area (TPSA) is 74.1 Å². The van der Waals surface area contributed by atoms with E-state index in [0.29, 0.717) is 13.0 Å². The molecule has 0 radical (unpaired) electrons. The van der Waals surface area contributed by atoms with Crippen LogP contribution in [0.15, 0.2) is 29.4 Å². The molecule has 3 rings (SSSR count). The first-order valence-corrected chi connectivity index (χ1v) is 10.7. The second-order valence-electron chi connectivity index (χ2n) is 6.01. The Hall–Kier alpha value is -1.54. The van der Waals surface area contributed by atoms with E-state index in [1.165, 1.54) is 5.56 Å². The Balaban J connectivity index is 1.52. The van der Waals surface area contributed by atoms with Crippen molar-refractivity contribution in [3.63, 3.8) is 0 Å². The van der Waals surface area contributed by atoms with Crippen LogP contribution >= 0.6 is 11.8 Å². The lowest BCUT2D eigenvalue weighted by atomic mass is 10.1. The van der Waals surface area contributed by atoms with Gasteiger partial charge in [-0.2, -0.15) is 0 Å². The maximum atomic E-state index is 11.6. The number of ether oxygens (including phenoxy) is 1. The van der Waals surface area contributed by atoms with E-state index in [-0.39, 0.29) is 17.4 Å². The van der Waals surface area contributed by atoms with E-state index in [2.05, 4.69) is 10.2 Å². The van der Waals surface area contributed by atoms with E-state index in [1.807, 2.05) is 42.8 Å². The molecule has 0 bridgehead atoms. The molecule has 1 aliphatic heterocycles. The Morgan fingerprint density at radius 2 is 2.04 bits per heavy atom. The summed E-state index contributed by atoms with van der Waals surface area (Å²) >= 11 is 1.56. The van der Waals surface area contributed by atoms with Gasteiger partial charge in [0.15, 0.2) is 15.0 Å². The van der Waals surface area contributed by atoms with E-state index >= 15 is 0 Å².